The number of rotatable bonds is 8. The van der Waals surface area contributed by atoms with Crippen molar-refractivity contribution in [2.45, 2.75) is 64.6 Å². The van der Waals surface area contributed by atoms with Crippen LogP contribution in [0.3, 0.4) is 0 Å². The molecular formula is C25H31IN2O3. The van der Waals surface area contributed by atoms with Crippen LogP contribution in [0.1, 0.15) is 50.2 Å². The second-order valence-electron chi connectivity index (χ2n) is 8.27. The molecule has 1 fully saturated rings. The maximum absolute atomic E-state index is 13.1. The lowest BCUT2D eigenvalue weighted by atomic mass is 9.95. The van der Waals surface area contributed by atoms with Crippen LogP contribution in [-0.4, -0.2) is 35.4 Å². The molecule has 2 amide bonds. The summed E-state index contributed by atoms with van der Waals surface area (Å²) in [6.07, 6.45) is 5.56. The van der Waals surface area contributed by atoms with E-state index in [1.807, 2.05) is 55.5 Å². The van der Waals surface area contributed by atoms with Crippen LogP contribution in [0.4, 0.5) is 0 Å². The molecule has 3 rings (SSSR count). The van der Waals surface area contributed by atoms with E-state index in [9.17, 15) is 9.59 Å². The molecule has 0 saturated heterocycles. The Morgan fingerprint density at radius 3 is 2.35 bits per heavy atom. The molecule has 1 unspecified atom stereocenters. The summed E-state index contributed by atoms with van der Waals surface area (Å²) in [5.74, 6) is 0.343. The Kier molecular flexibility index (Phi) is 8.75. The number of hydrogen-bond acceptors (Lipinski definition) is 3. The summed E-state index contributed by atoms with van der Waals surface area (Å²) in [7, 11) is 0. The van der Waals surface area contributed by atoms with E-state index in [0.29, 0.717) is 12.3 Å². The average molecular weight is 534 g/mol. The Morgan fingerprint density at radius 1 is 1.06 bits per heavy atom. The van der Waals surface area contributed by atoms with E-state index in [-0.39, 0.29) is 24.5 Å². The maximum atomic E-state index is 13.1. The van der Waals surface area contributed by atoms with E-state index in [0.717, 1.165) is 40.4 Å². The quantitative estimate of drug-likeness (QED) is 0.493. The molecule has 0 aliphatic heterocycles. The van der Waals surface area contributed by atoms with Crippen molar-refractivity contribution < 1.29 is 14.3 Å². The fourth-order valence-electron chi connectivity index (χ4n) is 3.80. The van der Waals surface area contributed by atoms with Gasteiger partial charge in [-0.15, -0.1) is 0 Å². The van der Waals surface area contributed by atoms with Crippen molar-refractivity contribution in [3.63, 3.8) is 0 Å². The van der Waals surface area contributed by atoms with Gasteiger partial charge in [0.25, 0.3) is 5.91 Å². The number of carbonyl (C=O) groups excluding carboxylic acids is 2. The molecule has 0 bridgehead atoms. The molecule has 5 nitrogen and oxygen atoms in total. The van der Waals surface area contributed by atoms with E-state index < -0.39 is 6.04 Å². The summed E-state index contributed by atoms with van der Waals surface area (Å²) in [4.78, 5) is 27.7. The van der Waals surface area contributed by atoms with Crippen LogP contribution in [0.2, 0.25) is 0 Å². The molecule has 31 heavy (non-hydrogen) atoms. The summed E-state index contributed by atoms with van der Waals surface area (Å²) < 4.78 is 6.82. The summed E-state index contributed by atoms with van der Waals surface area (Å²) in [6.45, 7) is 4.10. The lowest BCUT2D eigenvalue weighted by Gasteiger charge is -2.31. The van der Waals surface area contributed by atoms with Gasteiger partial charge in [0.15, 0.2) is 6.61 Å². The normalized spacial score (nSPS) is 15.2. The number of aryl methyl sites for hydroxylation is 1. The molecule has 0 spiro atoms. The molecule has 1 aliphatic rings. The van der Waals surface area contributed by atoms with Gasteiger partial charge in [-0.05, 0) is 79.1 Å². The van der Waals surface area contributed by atoms with Crippen molar-refractivity contribution in [2.24, 2.45) is 0 Å². The second-order valence-corrected chi connectivity index (χ2v) is 9.51. The predicted octanol–water partition coefficient (Wildman–Crippen LogP) is 4.84. The van der Waals surface area contributed by atoms with Crippen molar-refractivity contribution >= 4 is 34.4 Å². The maximum Gasteiger partial charge on any atom is 0.261 e. The van der Waals surface area contributed by atoms with Gasteiger partial charge in [-0.3, -0.25) is 9.59 Å². The molecule has 2 aromatic rings. The third-order valence-corrected chi connectivity index (χ3v) is 6.49. The van der Waals surface area contributed by atoms with Crippen LogP contribution >= 0.6 is 22.6 Å². The zero-order valence-electron chi connectivity index (χ0n) is 18.3. The van der Waals surface area contributed by atoms with Crippen LogP contribution in [0.25, 0.3) is 0 Å². The zero-order valence-corrected chi connectivity index (χ0v) is 20.4. The highest BCUT2D eigenvalue weighted by atomic mass is 127. The van der Waals surface area contributed by atoms with Gasteiger partial charge in [-0.25, -0.2) is 0 Å². The standard InChI is InChI=1S/C25H31IN2O3/c1-18-8-10-20(11-9-18)16-28(19(2)25(30)27-22-6-4-3-5-7-22)24(29)17-31-23-14-12-21(26)13-15-23/h8-15,19,22H,3-7,16-17H2,1-2H3,(H,27,30). The van der Waals surface area contributed by atoms with Crippen molar-refractivity contribution in [1.29, 1.82) is 0 Å². The number of nitrogens with one attached hydrogen (secondary N) is 1. The monoisotopic (exact) mass is 534 g/mol. The molecule has 1 N–H and O–H groups in total. The molecule has 0 aromatic heterocycles. The smallest absolute Gasteiger partial charge is 0.261 e. The number of carbonyl (C=O) groups is 2. The molecule has 1 aliphatic carbocycles. The highest BCUT2D eigenvalue weighted by Crippen LogP contribution is 2.19. The van der Waals surface area contributed by atoms with Crippen molar-refractivity contribution in [1.82, 2.24) is 10.2 Å². The first-order valence-electron chi connectivity index (χ1n) is 11.0. The first-order chi connectivity index (χ1) is 14.9. The van der Waals surface area contributed by atoms with Gasteiger partial charge in [0.1, 0.15) is 11.8 Å². The molecule has 0 radical (unpaired) electrons. The lowest BCUT2D eigenvalue weighted by molar-refractivity contribution is -0.142. The third kappa shape index (κ3) is 7.23. The van der Waals surface area contributed by atoms with Gasteiger partial charge >= 0.3 is 0 Å². The van der Waals surface area contributed by atoms with Gasteiger partial charge < -0.3 is 15.0 Å². The van der Waals surface area contributed by atoms with Crippen LogP contribution in [-0.2, 0) is 16.1 Å². The van der Waals surface area contributed by atoms with Crippen molar-refractivity contribution in [2.75, 3.05) is 6.61 Å². The summed E-state index contributed by atoms with van der Waals surface area (Å²) in [5, 5.41) is 3.15. The summed E-state index contributed by atoms with van der Waals surface area (Å²) >= 11 is 2.23. The molecule has 166 valence electrons. The van der Waals surface area contributed by atoms with Gasteiger partial charge in [0.05, 0.1) is 0 Å². The van der Waals surface area contributed by atoms with E-state index >= 15 is 0 Å². The largest absolute Gasteiger partial charge is 0.484 e. The molecule has 0 heterocycles. The van der Waals surface area contributed by atoms with E-state index in [1.54, 1.807) is 11.8 Å². The predicted molar refractivity (Wildman–Crippen MR) is 131 cm³/mol. The van der Waals surface area contributed by atoms with Gasteiger partial charge in [0.2, 0.25) is 5.91 Å². The minimum absolute atomic E-state index is 0.0957. The van der Waals surface area contributed by atoms with E-state index in [1.165, 1.54) is 6.42 Å². The van der Waals surface area contributed by atoms with Crippen LogP contribution in [0, 0.1) is 10.5 Å². The van der Waals surface area contributed by atoms with Crippen LogP contribution in [0.15, 0.2) is 48.5 Å². The average Bonchev–Trinajstić information content (AvgIpc) is 2.78. The Hall–Kier alpha value is -2.09. The van der Waals surface area contributed by atoms with Gasteiger partial charge in [-0.1, -0.05) is 49.1 Å². The fourth-order valence-corrected chi connectivity index (χ4v) is 4.16. The number of hydrogen-bond donors (Lipinski definition) is 1. The SMILES string of the molecule is Cc1ccc(CN(C(=O)COc2ccc(I)cc2)C(C)C(=O)NC2CCCCC2)cc1. The Balaban J connectivity index is 1.69. The number of amides is 2. The highest BCUT2D eigenvalue weighted by molar-refractivity contribution is 14.1. The minimum atomic E-state index is -0.573. The van der Waals surface area contributed by atoms with Crippen molar-refractivity contribution in [3.05, 3.63) is 63.2 Å². The Labute approximate surface area is 198 Å². The summed E-state index contributed by atoms with van der Waals surface area (Å²) in [5.41, 5.74) is 2.15. The molecule has 2 aromatic carbocycles. The Bertz CT molecular complexity index is 861. The highest BCUT2D eigenvalue weighted by Gasteiger charge is 2.28. The number of halogens is 1. The number of ether oxygens (including phenoxy) is 1. The second kappa shape index (κ2) is 11.5. The van der Waals surface area contributed by atoms with Gasteiger partial charge in [0, 0.05) is 16.2 Å². The topological polar surface area (TPSA) is 58.6 Å². The molecule has 1 saturated carbocycles. The van der Waals surface area contributed by atoms with Crippen molar-refractivity contribution in [3.8, 4) is 5.75 Å². The van der Waals surface area contributed by atoms with Crippen LogP contribution < -0.4 is 10.1 Å². The molecular weight excluding hydrogens is 503 g/mol. The Morgan fingerprint density at radius 2 is 1.71 bits per heavy atom. The molecule has 1 atom stereocenters. The first kappa shape index (κ1) is 23.6. The zero-order chi connectivity index (χ0) is 22.2. The number of nitrogens with zero attached hydrogens (tertiary/aromatic N) is 1. The van der Waals surface area contributed by atoms with E-state index in [2.05, 4.69) is 27.9 Å². The fraction of sp³-hybridized carbons (Fsp3) is 0.440. The van der Waals surface area contributed by atoms with Gasteiger partial charge in [-0.2, -0.15) is 0 Å². The summed E-state index contributed by atoms with van der Waals surface area (Å²) in [6, 6.07) is 15.2. The van der Waals surface area contributed by atoms with E-state index in [4.69, 9.17) is 4.74 Å². The third-order valence-electron chi connectivity index (χ3n) is 5.77. The van der Waals surface area contributed by atoms with Crippen LogP contribution in [0.5, 0.6) is 5.75 Å². The number of benzene rings is 2. The molecule has 6 heteroatoms. The lowest BCUT2D eigenvalue weighted by Crippen LogP contribution is -2.51. The first-order valence-corrected chi connectivity index (χ1v) is 12.0. The minimum Gasteiger partial charge on any atom is -0.484 e.